The highest BCUT2D eigenvalue weighted by Gasteiger charge is 2.08. The molecule has 1 aromatic heterocycles. The van der Waals surface area contributed by atoms with Crippen molar-refractivity contribution in [3.63, 3.8) is 0 Å². The second-order valence-corrected chi connectivity index (χ2v) is 5.87. The number of aromatic nitrogens is 1. The van der Waals surface area contributed by atoms with E-state index in [0.717, 1.165) is 41.0 Å². The number of hydrogen-bond acceptors (Lipinski definition) is 3. The standard InChI is InChI=1S/C17H17NO2S/c1-2-3-12-20-14-10-8-13(9-11-14)18-17(19)15-6-4-5-7-16(15)21-18/h4-11H,2-3,12H2,1H3. The molecule has 108 valence electrons. The van der Waals surface area contributed by atoms with Crippen LogP contribution in [0.1, 0.15) is 19.8 Å². The SMILES string of the molecule is CCCCOc1ccc(-n2sc3ccccc3c2=O)cc1. The third-order valence-corrected chi connectivity index (χ3v) is 4.44. The summed E-state index contributed by atoms with van der Waals surface area (Å²) < 4.78 is 8.37. The van der Waals surface area contributed by atoms with Crippen molar-refractivity contribution in [2.45, 2.75) is 19.8 Å². The first-order chi connectivity index (χ1) is 10.3. The number of fused-ring (bicyclic) bond motifs is 1. The Morgan fingerprint density at radius 2 is 1.86 bits per heavy atom. The van der Waals surface area contributed by atoms with Crippen LogP contribution in [0.3, 0.4) is 0 Å². The molecule has 0 fully saturated rings. The molecule has 0 amide bonds. The average Bonchev–Trinajstić information content (AvgIpc) is 2.86. The van der Waals surface area contributed by atoms with Crippen molar-refractivity contribution in [3.05, 3.63) is 58.9 Å². The minimum atomic E-state index is 0.0373. The van der Waals surface area contributed by atoms with Crippen molar-refractivity contribution in [2.24, 2.45) is 0 Å². The van der Waals surface area contributed by atoms with Gasteiger partial charge < -0.3 is 4.74 Å². The maximum atomic E-state index is 12.4. The van der Waals surface area contributed by atoms with Crippen LogP contribution in [-0.2, 0) is 0 Å². The van der Waals surface area contributed by atoms with Crippen LogP contribution in [0.25, 0.3) is 15.8 Å². The summed E-state index contributed by atoms with van der Waals surface area (Å²) in [5, 5.41) is 0.769. The topological polar surface area (TPSA) is 31.2 Å². The lowest BCUT2D eigenvalue weighted by molar-refractivity contribution is 0.309. The summed E-state index contributed by atoms with van der Waals surface area (Å²) in [6.07, 6.45) is 2.17. The second-order valence-electron chi connectivity index (χ2n) is 4.88. The van der Waals surface area contributed by atoms with E-state index in [1.165, 1.54) is 11.5 Å². The molecule has 0 bridgehead atoms. The molecule has 0 saturated heterocycles. The maximum Gasteiger partial charge on any atom is 0.273 e. The molecule has 0 aliphatic heterocycles. The molecule has 3 nitrogen and oxygen atoms in total. The molecular formula is C17H17NO2S. The molecule has 0 radical (unpaired) electrons. The minimum Gasteiger partial charge on any atom is -0.494 e. The molecule has 1 heterocycles. The van der Waals surface area contributed by atoms with Crippen molar-refractivity contribution >= 4 is 21.6 Å². The lowest BCUT2D eigenvalue weighted by atomic mass is 10.3. The fourth-order valence-electron chi connectivity index (χ4n) is 2.15. The number of nitrogens with zero attached hydrogens (tertiary/aromatic N) is 1. The second kappa shape index (κ2) is 6.14. The van der Waals surface area contributed by atoms with Gasteiger partial charge in [-0.1, -0.05) is 37.0 Å². The van der Waals surface area contributed by atoms with E-state index in [9.17, 15) is 4.79 Å². The Hall–Kier alpha value is -2.07. The van der Waals surface area contributed by atoms with Gasteiger partial charge in [-0.15, -0.1) is 0 Å². The molecule has 0 spiro atoms. The Bertz CT molecular complexity index is 786. The zero-order chi connectivity index (χ0) is 14.7. The molecule has 0 aliphatic carbocycles. The summed E-state index contributed by atoms with van der Waals surface area (Å²) in [5.41, 5.74) is 0.916. The Kier molecular flexibility index (Phi) is 4.06. The van der Waals surface area contributed by atoms with Crippen molar-refractivity contribution in [1.29, 1.82) is 0 Å². The molecule has 0 atom stereocenters. The molecule has 0 unspecified atom stereocenters. The minimum absolute atomic E-state index is 0.0373. The number of rotatable bonds is 5. The molecule has 3 aromatic rings. The highest BCUT2D eigenvalue weighted by molar-refractivity contribution is 7.14. The van der Waals surface area contributed by atoms with Gasteiger partial charge in [0.25, 0.3) is 5.56 Å². The summed E-state index contributed by atoms with van der Waals surface area (Å²) in [7, 11) is 0. The van der Waals surface area contributed by atoms with E-state index >= 15 is 0 Å². The van der Waals surface area contributed by atoms with Crippen LogP contribution in [0.4, 0.5) is 0 Å². The first kappa shape index (κ1) is 13.9. The zero-order valence-corrected chi connectivity index (χ0v) is 12.7. The van der Waals surface area contributed by atoms with Crippen LogP contribution in [-0.4, -0.2) is 10.6 Å². The maximum absolute atomic E-state index is 12.4. The van der Waals surface area contributed by atoms with E-state index in [1.54, 1.807) is 3.96 Å². The van der Waals surface area contributed by atoms with E-state index in [4.69, 9.17) is 4.74 Å². The highest BCUT2D eigenvalue weighted by Crippen LogP contribution is 2.21. The lowest BCUT2D eigenvalue weighted by Gasteiger charge is -2.06. The molecule has 3 rings (SSSR count). The molecule has 4 heteroatoms. The van der Waals surface area contributed by atoms with Crippen LogP contribution in [0.2, 0.25) is 0 Å². The summed E-state index contributed by atoms with van der Waals surface area (Å²) in [6.45, 7) is 2.87. The van der Waals surface area contributed by atoms with Crippen LogP contribution in [0.5, 0.6) is 5.75 Å². The summed E-state index contributed by atoms with van der Waals surface area (Å²) in [5.74, 6) is 0.848. The molecule has 21 heavy (non-hydrogen) atoms. The normalized spacial score (nSPS) is 10.9. The first-order valence-corrected chi connectivity index (χ1v) is 7.91. The first-order valence-electron chi connectivity index (χ1n) is 7.14. The van der Waals surface area contributed by atoms with Gasteiger partial charge in [-0.2, -0.15) is 0 Å². The summed E-state index contributed by atoms with van der Waals surface area (Å²) in [6, 6.07) is 15.4. The molecule has 0 aliphatic rings. The smallest absolute Gasteiger partial charge is 0.273 e. The number of hydrogen-bond donors (Lipinski definition) is 0. The largest absolute Gasteiger partial charge is 0.494 e. The molecule has 2 aromatic carbocycles. The van der Waals surface area contributed by atoms with Gasteiger partial charge in [-0.3, -0.25) is 4.79 Å². The van der Waals surface area contributed by atoms with Crippen LogP contribution in [0.15, 0.2) is 53.3 Å². The quantitative estimate of drug-likeness (QED) is 0.660. The fourth-order valence-corrected chi connectivity index (χ4v) is 3.15. The van der Waals surface area contributed by atoms with Crippen molar-refractivity contribution < 1.29 is 4.74 Å². The van der Waals surface area contributed by atoms with Crippen LogP contribution < -0.4 is 10.3 Å². The van der Waals surface area contributed by atoms with Crippen LogP contribution in [0, 0.1) is 0 Å². The van der Waals surface area contributed by atoms with Crippen molar-refractivity contribution in [3.8, 4) is 11.4 Å². The average molecular weight is 299 g/mol. The summed E-state index contributed by atoms with van der Waals surface area (Å²) in [4.78, 5) is 12.4. The third kappa shape index (κ3) is 2.85. The predicted octanol–water partition coefficient (Wildman–Crippen LogP) is 4.23. The van der Waals surface area contributed by atoms with Gasteiger partial charge in [0.05, 0.1) is 22.4 Å². The summed E-state index contributed by atoms with van der Waals surface area (Å²) >= 11 is 1.47. The third-order valence-electron chi connectivity index (χ3n) is 3.33. The van der Waals surface area contributed by atoms with Crippen molar-refractivity contribution in [1.82, 2.24) is 3.96 Å². The zero-order valence-electron chi connectivity index (χ0n) is 11.9. The predicted molar refractivity (Wildman–Crippen MR) is 87.8 cm³/mol. The van der Waals surface area contributed by atoms with Crippen LogP contribution >= 0.6 is 11.5 Å². The highest BCUT2D eigenvalue weighted by atomic mass is 32.1. The number of unbranched alkanes of at least 4 members (excludes halogenated alkanes) is 1. The lowest BCUT2D eigenvalue weighted by Crippen LogP contribution is -2.10. The van der Waals surface area contributed by atoms with E-state index in [0.29, 0.717) is 0 Å². The Labute approximate surface area is 127 Å². The molecule has 0 saturated carbocycles. The van der Waals surface area contributed by atoms with Gasteiger partial charge in [-0.05, 0) is 42.8 Å². The number of ether oxygens (including phenoxy) is 1. The van der Waals surface area contributed by atoms with E-state index < -0.39 is 0 Å². The van der Waals surface area contributed by atoms with Gasteiger partial charge >= 0.3 is 0 Å². The number of benzene rings is 2. The Morgan fingerprint density at radius 1 is 1.10 bits per heavy atom. The van der Waals surface area contributed by atoms with Gasteiger partial charge in [0.15, 0.2) is 0 Å². The molecule has 0 N–H and O–H groups in total. The van der Waals surface area contributed by atoms with E-state index in [-0.39, 0.29) is 5.56 Å². The van der Waals surface area contributed by atoms with Gasteiger partial charge in [0.1, 0.15) is 5.75 Å². The van der Waals surface area contributed by atoms with Gasteiger partial charge in [0.2, 0.25) is 0 Å². The van der Waals surface area contributed by atoms with E-state index in [2.05, 4.69) is 6.92 Å². The van der Waals surface area contributed by atoms with Crippen molar-refractivity contribution in [2.75, 3.05) is 6.61 Å². The Morgan fingerprint density at radius 3 is 2.57 bits per heavy atom. The van der Waals surface area contributed by atoms with Gasteiger partial charge in [-0.25, -0.2) is 3.96 Å². The fraction of sp³-hybridized carbons (Fsp3) is 0.235. The molecular weight excluding hydrogens is 282 g/mol. The van der Waals surface area contributed by atoms with E-state index in [1.807, 2.05) is 48.5 Å². The Balaban J connectivity index is 1.89. The monoisotopic (exact) mass is 299 g/mol. The van der Waals surface area contributed by atoms with Gasteiger partial charge in [0, 0.05) is 0 Å².